The first-order chi connectivity index (χ1) is 8.02. The number of anilines is 1. The van der Waals surface area contributed by atoms with Gasteiger partial charge in [-0.1, -0.05) is 5.57 Å². The number of hydrogen-bond acceptors (Lipinski definition) is 5. The lowest BCUT2D eigenvalue weighted by atomic mass is 10.3. The minimum Gasteiger partial charge on any atom is -0.461 e. The third kappa shape index (κ3) is 4.36. The monoisotopic (exact) mass is 254 g/mol. The topological polar surface area (TPSA) is 68.3 Å². The number of esters is 1. The van der Waals surface area contributed by atoms with Crippen molar-refractivity contribution >= 4 is 28.3 Å². The van der Waals surface area contributed by atoms with Crippen molar-refractivity contribution in [3.8, 4) is 0 Å². The number of hydrogen-bond donors (Lipinski definition) is 1. The molecule has 0 unspecified atom stereocenters. The number of carbonyl (C=O) groups is 2. The van der Waals surface area contributed by atoms with Gasteiger partial charge in [0.1, 0.15) is 0 Å². The third-order valence-corrected chi connectivity index (χ3v) is 2.40. The summed E-state index contributed by atoms with van der Waals surface area (Å²) in [6, 6.07) is 0. The number of aromatic nitrogens is 1. The molecule has 1 aromatic heterocycles. The van der Waals surface area contributed by atoms with Crippen LogP contribution in [0.2, 0.25) is 0 Å². The Bertz CT molecular complexity index is 447. The quantitative estimate of drug-likeness (QED) is 0.660. The van der Waals surface area contributed by atoms with Gasteiger partial charge in [-0.15, -0.1) is 11.3 Å². The number of ether oxygens (including phenoxy) is 1. The van der Waals surface area contributed by atoms with E-state index in [1.165, 1.54) is 17.4 Å². The van der Waals surface area contributed by atoms with Crippen molar-refractivity contribution in [1.82, 2.24) is 4.98 Å². The normalized spacial score (nSPS) is 9.59. The van der Waals surface area contributed by atoms with Gasteiger partial charge < -0.3 is 4.74 Å². The number of thiazole rings is 1. The summed E-state index contributed by atoms with van der Waals surface area (Å²) in [5, 5.41) is 4.51. The van der Waals surface area contributed by atoms with Gasteiger partial charge in [-0.2, -0.15) is 0 Å². The van der Waals surface area contributed by atoms with Gasteiger partial charge in [-0.25, -0.2) is 9.78 Å². The van der Waals surface area contributed by atoms with Crippen molar-refractivity contribution in [2.75, 3.05) is 11.9 Å². The smallest absolute Gasteiger partial charge is 0.357 e. The van der Waals surface area contributed by atoms with Crippen molar-refractivity contribution in [1.29, 1.82) is 0 Å². The van der Waals surface area contributed by atoms with Crippen molar-refractivity contribution in [2.45, 2.75) is 20.8 Å². The van der Waals surface area contributed by atoms with Crippen LogP contribution in [0.25, 0.3) is 0 Å². The Labute approximate surface area is 104 Å². The molecule has 0 aliphatic carbocycles. The lowest BCUT2D eigenvalue weighted by Crippen LogP contribution is -2.09. The van der Waals surface area contributed by atoms with E-state index in [4.69, 9.17) is 4.74 Å². The summed E-state index contributed by atoms with van der Waals surface area (Å²) < 4.78 is 4.79. The van der Waals surface area contributed by atoms with Gasteiger partial charge in [0.05, 0.1) is 6.61 Å². The lowest BCUT2D eigenvalue weighted by Gasteiger charge is -1.97. The van der Waals surface area contributed by atoms with Gasteiger partial charge in [0.25, 0.3) is 0 Å². The largest absolute Gasteiger partial charge is 0.461 e. The molecule has 1 amide bonds. The molecule has 0 spiro atoms. The zero-order valence-corrected chi connectivity index (χ0v) is 10.8. The SMILES string of the molecule is CCOC(=O)c1csc(NC(=O)C=C(C)C)n1. The second-order valence-corrected chi connectivity index (χ2v) is 4.33. The molecule has 0 atom stereocenters. The number of nitrogens with one attached hydrogen (secondary N) is 1. The first-order valence-corrected chi connectivity index (χ1v) is 5.99. The van der Waals surface area contributed by atoms with Crippen LogP contribution >= 0.6 is 11.3 Å². The van der Waals surface area contributed by atoms with E-state index in [0.717, 1.165) is 5.57 Å². The van der Waals surface area contributed by atoms with E-state index in [-0.39, 0.29) is 11.6 Å². The van der Waals surface area contributed by atoms with Crippen molar-refractivity contribution in [2.24, 2.45) is 0 Å². The van der Waals surface area contributed by atoms with Gasteiger partial charge in [0.15, 0.2) is 10.8 Å². The predicted molar refractivity (Wildman–Crippen MR) is 66.1 cm³/mol. The highest BCUT2D eigenvalue weighted by Gasteiger charge is 2.12. The molecule has 6 heteroatoms. The molecule has 92 valence electrons. The van der Waals surface area contributed by atoms with Gasteiger partial charge >= 0.3 is 5.97 Å². The van der Waals surface area contributed by atoms with E-state index in [1.807, 2.05) is 13.8 Å². The molecule has 1 heterocycles. The fourth-order valence-electron chi connectivity index (χ4n) is 1.03. The minimum absolute atomic E-state index is 0.212. The first kappa shape index (κ1) is 13.4. The molecule has 0 saturated heterocycles. The van der Waals surface area contributed by atoms with Gasteiger partial charge in [-0.3, -0.25) is 10.1 Å². The van der Waals surface area contributed by atoms with E-state index in [9.17, 15) is 9.59 Å². The maximum atomic E-state index is 11.4. The molecule has 1 rings (SSSR count). The molecule has 1 N–H and O–H groups in total. The molecule has 0 aliphatic heterocycles. The van der Waals surface area contributed by atoms with Crippen molar-refractivity contribution in [3.63, 3.8) is 0 Å². The van der Waals surface area contributed by atoms with Crippen LogP contribution in [0.5, 0.6) is 0 Å². The first-order valence-electron chi connectivity index (χ1n) is 5.11. The Morgan fingerprint density at radius 3 is 2.82 bits per heavy atom. The average molecular weight is 254 g/mol. The fourth-order valence-corrected chi connectivity index (χ4v) is 1.72. The summed E-state index contributed by atoms with van der Waals surface area (Å²) in [5.41, 5.74) is 1.11. The van der Waals surface area contributed by atoms with Crippen LogP contribution in [-0.4, -0.2) is 23.5 Å². The number of amides is 1. The lowest BCUT2D eigenvalue weighted by molar-refractivity contribution is -0.111. The number of allylic oxidation sites excluding steroid dienone is 1. The van der Waals surface area contributed by atoms with Crippen LogP contribution < -0.4 is 5.32 Å². The molecule has 0 saturated carbocycles. The molecule has 0 fully saturated rings. The predicted octanol–water partition coefficient (Wildman–Crippen LogP) is 2.22. The van der Waals surface area contributed by atoms with E-state index < -0.39 is 5.97 Å². The van der Waals surface area contributed by atoms with Gasteiger partial charge in [0.2, 0.25) is 5.91 Å². The standard InChI is InChI=1S/C11H14N2O3S/c1-4-16-10(15)8-6-17-11(12-8)13-9(14)5-7(2)3/h5-6H,4H2,1-3H3,(H,12,13,14). The number of carbonyl (C=O) groups excluding carboxylic acids is 2. The molecule has 1 aromatic rings. The van der Waals surface area contributed by atoms with E-state index in [1.54, 1.807) is 12.3 Å². The molecule has 5 nitrogen and oxygen atoms in total. The van der Waals surface area contributed by atoms with Crippen molar-refractivity contribution < 1.29 is 14.3 Å². The van der Waals surface area contributed by atoms with Crippen LogP contribution in [-0.2, 0) is 9.53 Å². The van der Waals surface area contributed by atoms with Gasteiger partial charge in [0, 0.05) is 11.5 Å². The highest BCUT2D eigenvalue weighted by Crippen LogP contribution is 2.16. The molecule has 0 radical (unpaired) electrons. The Hall–Kier alpha value is -1.69. The summed E-state index contributed by atoms with van der Waals surface area (Å²) in [4.78, 5) is 26.7. The minimum atomic E-state index is -0.480. The maximum absolute atomic E-state index is 11.4. The molecule has 0 bridgehead atoms. The molecule has 17 heavy (non-hydrogen) atoms. The fraction of sp³-hybridized carbons (Fsp3) is 0.364. The summed E-state index contributed by atoms with van der Waals surface area (Å²) in [7, 11) is 0. The van der Waals surface area contributed by atoms with Crippen molar-refractivity contribution in [3.05, 3.63) is 22.7 Å². The summed E-state index contributed by atoms with van der Waals surface area (Å²) >= 11 is 1.19. The summed E-state index contributed by atoms with van der Waals surface area (Å²) in [5.74, 6) is -0.735. The second-order valence-electron chi connectivity index (χ2n) is 3.47. The van der Waals surface area contributed by atoms with E-state index in [2.05, 4.69) is 10.3 Å². The summed E-state index contributed by atoms with van der Waals surface area (Å²) in [6.45, 7) is 5.68. The Kier molecular flexibility index (Phi) is 4.84. The van der Waals surface area contributed by atoms with E-state index >= 15 is 0 Å². The average Bonchev–Trinajstić information content (AvgIpc) is 2.65. The van der Waals surface area contributed by atoms with Crippen LogP contribution in [0.1, 0.15) is 31.3 Å². The molecular formula is C11H14N2O3S. The highest BCUT2D eigenvalue weighted by molar-refractivity contribution is 7.14. The number of rotatable bonds is 4. The van der Waals surface area contributed by atoms with E-state index in [0.29, 0.717) is 11.7 Å². The second kappa shape index (κ2) is 6.15. The molecule has 0 aliphatic rings. The van der Waals surface area contributed by atoms with Crippen LogP contribution in [0.15, 0.2) is 17.0 Å². The van der Waals surface area contributed by atoms with Crippen LogP contribution in [0, 0.1) is 0 Å². The Balaban J connectivity index is 2.66. The zero-order chi connectivity index (χ0) is 12.8. The van der Waals surface area contributed by atoms with Gasteiger partial charge in [-0.05, 0) is 20.8 Å². The molecular weight excluding hydrogens is 240 g/mol. The summed E-state index contributed by atoms with van der Waals surface area (Å²) in [6.07, 6.45) is 1.46. The number of nitrogens with zero attached hydrogens (tertiary/aromatic N) is 1. The van der Waals surface area contributed by atoms with Crippen LogP contribution in [0.4, 0.5) is 5.13 Å². The van der Waals surface area contributed by atoms with Crippen LogP contribution in [0.3, 0.4) is 0 Å². The highest BCUT2D eigenvalue weighted by atomic mass is 32.1. The Morgan fingerprint density at radius 2 is 2.24 bits per heavy atom. The Morgan fingerprint density at radius 1 is 1.53 bits per heavy atom. The zero-order valence-electron chi connectivity index (χ0n) is 9.94. The molecule has 0 aromatic carbocycles. The third-order valence-electron chi connectivity index (χ3n) is 1.64. The maximum Gasteiger partial charge on any atom is 0.357 e.